The van der Waals surface area contributed by atoms with Crippen molar-refractivity contribution in [3.05, 3.63) is 70.2 Å². The van der Waals surface area contributed by atoms with Crippen LogP contribution in [0.25, 0.3) is 0 Å². The van der Waals surface area contributed by atoms with Gasteiger partial charge in [-0.1, -0.05) is 58.4 Å². The normalized spacial score (nSPS) is 13.8. The molecule has 0 heterocycles. The second-order valence-electron chi connectivity index (χ2n) is 6.52. The number of benzene rings is 2. The average molecular weight is 661 g/mol. The Morgan fingerprint density at radius 2 is 1.06 bits per heavy atom. The second-order valence-corrected chi connectivity index (χ2v) is 8.21. The summed E-state index contributed by atoms with van der Waals surface area (Å²) in [6.07, 6.45) is -9.04. The van der Waals surface area contributed by atoms with E-state index >= 15 is 0 Å². The minimum absolute atomic E-state index is 0. The molecule has 36 heavy (non-hydrogen) atoms. The number of alkyl halides is 6. The van der Waals surface area contributed by atoms with Crippen molar-refractivity contribution < 1.29 is 43.4 Å². The molecule has 0 saturated carbocycles. The Bertz CT molecular complexity index is 1110. The summed E-state index contributed by atoms with van der Waals surface area (Å²) >= 11 is 12.9. The molecule has 0 aliphatic heterocycles. The fourth-order valence-electron chi connectivity index (χ4n) is 2.30. The molecule has 16 heteroatoms. The molecule has 2 N–H and O–H groups in total. The summed E-state index contributed by atoms with van der Waals surface area (Å²) in [7, 11) is 0. The molecule has 1 radical (unpaired) electrons. The maximum absolute atomic E-state index is 12.5. The van der Waals surface area contributed by atoms with E-state index < -0.39 is 35.8 Å². The first-order valence-corrected chi connectivity index (χ1v) is 11.0. The molecule has 0 unspecified atom stereocenters. The number of nitrogens with one attached hydrogen (secondary N) is 2. The SMILES string of the molecule is FC(F)(F)CN/C([S-])=N/N=C(/C(=N/N=C(\[S-])NCC(F)(F)F)c1ccc(Br)cc1)c1ccccc1.[Cu+2]. The predicted molar refractivity (Wildman–Crippen MR) is 131 cm³/mol. The van der Waals surface area contributed by atoms with Crippen molar-refractivity contribution in [3.63, 3.8) is 0 Å². The fraction of sp³-hybridized carbons (Fsp3) is 0.200. The molecule has 6 nitrogen and oxygen atoms in total. The van der Waals surface area contributed by atoms with Crippen molar-refractivity contribution in [2.45, 2.75) is 12.4 Å². The van der Waals surface area contributed by atoms with Crippen LogP contribution in [-0.2, 0) is 42.3 Å². The van der Waals surface area contributed by atoms with Gasteiger partial charge >= 0.3 is 29.4 Å². The summed E-state index contributed by atoms with van der Waals surface area (Å²) in [4.78, 5) is 0. The zero-order valence-electron chi connectivity index (χ0n) is 17.7. The van der Waals surface area contributed by atoms with Gasteiger partial charge in [0.05, 0.1) is 0 Å². The Morgan fingerprint density at radius 1 is 0.667 bits per heavy atom. The van der Waals surface area contributed by atoms with E-state index in [1.807, 2.05) is 10.6 Å². The summed E-state index contributed by atoms with van der Waals surface area (Å²) in [6, 6.07) is 14.8. The van der Waals surface area contributed by atoms with Crippen LogP contribution in [0.15, 0.2) is 79.5 Å². The summed E-state index contributed by atoms with van der Waals surface area (Å²) in [6.45, 7) is -2.82. The molecule has 2 rings (SSSR count). The fourth-order valence-corrected chi connectivity index (χ4v) is 2.79. The summed E-state index contributed by atoms with van der Waals surface area (Å²) in [5.74, 6) is 0. The molecular weight excluding hydrogens is 646 g/mol. The molecule has 0 aliphatic rings. The number of amidine groups is 2. The van der Waals surface area contributed by atoms with Crippen LogP contribution in [0.1, 0.15) is 11.1 Å². The molecule has 2 aromatic rings. The van der Waals surface area contributed by atoms with E-state index in [4.69, 9.17) is 25.3 Å². The summed E-state index contributed by atoms with van der Waals surface area (Å²) in [5.41, 5.74) is 0.914. The number of rotatable bonds is 7. The molecule has 0 spiro atoms. The molecule has 0 atom stereocenters. The van der Waals surface area contributed by atoms with Crippen molar-refractivity contribution in [3.8, 4) is 0 Å². The van der Waals surface area contributed by atoms with Gasteiger partial charge < -0.3 is 35.9 Å². The molecule has 0 amide bonds. The number of hydrogen-bond donors (Lipinski definition) is 2. The standard InChI is InChI=1S/C20H17BrF6N6S2.Cu/c21-14-8-6-13(7-9-14)16(31-33-18(35)29-11-20(25,26)27)15(12-4-2-1-3-5-12)30-32-17(34)28-10-19(22,23)24;/h1-9H,10-11H2,(H2,28,32,34)(H2,29,33,35);/q;+2/p-2/b30-15+,31-16+;. The van der Waals surface area contributed by atoms with Gasteiger partial charge in [-0.2, -0.15) is 36.5 Å². The molecule has 2 aromatic carbocycles. The Balaban J connectivity index is 0.00000648. The van der Waals surface area contributed by atoms with Gasteiger partial charge in [-0.3, -0.25) is 0 Å². The van der Waals surface area contributed by atoms with Crippen LogP contribution in [0.2, 0.25) is 0 Å². The van der Waals surface area contributed by atoms with E-state index in [1.165, 1.54) is 0 Å². The minimum Gasteiger partial charge on any atom is -0.741 e. The monoisotopic (exact) mass is 659 g/mol. The van der Waals surface area contributed by atoms with Crippen LogP contribution in [0.3, 0.4) is 0 Å². The Kier molecular flexibility index (Phi) is 12.8. The van der Waals surface area contributed by atoms with Crippen LogP contribution in [0, 0.1) is 0 Å². The van der Waals surface area contributed by atoms with E-state index in [-0.39, 0.29) is 28.5 Å². The van der Waals surface area contributed by atoms with Gasteiger partial charge in [-0.15, -0.1) is 10.2 Å². The average Bonchev–Trinajstić information content (AvgIpc) is 2.79. The van der Waals surface area contributed by atoms with Crippen molar-refractivity contribution in [2.75, 3.05) is 13.1 Å². The van der Waals surface area contributed by atoms with Crippen LogP contribution < -0.4 is 10.6 Å². The molecular formula is C20H15BrCuF6N6S2. The third kappa shape index (κ3) is 12.1. The van der Waals surface area contributed by atoms with E-state index in [9.17, 15) is 26.3 Å². The first-order valence-electron chi connectivity index (χ1n) is 9.42. The maximum atomic E-state index is 12.5. The van der Waals surface area contributed by atoms with E-state index in [2.05, 4.69) is 36.3 Å². The van der Waals surface area contributed by atoms with E-state index in [1.54, 1.807) is 54.6 Å². The summed E-state index contributed by atoms with van der Waals surface area (Å²) in [5, 5.41) is 18.0. The first kappa shape index (κ1) is 31.8. The molecule has 0 fully saturated rings. The van der Waals surface area contributed by atoms with Gasteiger partial charge in [0.25, 0.3) is 0 Å². The van der Waals surface area contributed by atoms with Crippen LogP contribution in [-0.4, -0.2) is 47.2 Å². The van der Waals surface area contributed by atoms with E-state index in [0.717, 1.165) is 4.47 Å². The van der Waals surface area contributed by atoms with Crippen LogP contribution in [0.5, 0.6) is 0 Å². The Labute approximate surface area is 232 Å². The van der Waals surface area contributed by atoms with Gasteiger partial charge in [0.15, 0.2) is 0 Å². The number of hydrogen-bond acceptors (Lipinski definition) is 6. The number of nitrogens with zero attached hydrogens (tertiary/aromatic N) is 4. The van der Waals surface area contributed by atoms with Crippen LogP contribution in [0.4, 0.5) is 26.3 Å². The van der Waals surface area contributed by atoms with Crippen molar-refractivity contribution in [2.24, 2.45) is 20.4 Å². The molecule has 0 aromatic heterocycles. The quantitative estimate of drug-likeness (QED) is 0.113. The smallest absolute Gasteiger partial charge is 0.741 e. The Hall–Kier alpha value is -2.26. The molecule has 0 bridgehead atoms. The number of halogens is 7. The third-order valence-electron chi connectivity index (χ3n) is 3.75. The first-order chi connectivity index (χ1) is 16.3. The van der Waals surface area contributed by atoms with Crippen molar-refractivity contribution >= 4 is 62.9 Å². The minimum atomic E-state index is -4.52. The zero-order chi connectivity index (χ0) is 26.1. The van der Waals surface area contributed by atoms with E-state index in [0.29, 0.717) is 11.1 Å². The molecule has 0 aliphatic carbocycles. The largest absolute Gasteiger partial charge is 2.00 e. The second kappa shape index (κ2) is 14.5. The zero-order valence-corrected chi connectivity index (χ0v) is 21.8. The van der Waals surface area contributed by atoms with Gasteiger partial charge in [0, 0.05) is 15.6 Å². The van der Waals surface area contributed by atoms with Crippen molar-refractivity contribution in [1.82, 2.24) is 10.6 Å². The topological polar surface area (TPSA) is 73.5 Å². The molecule has 0 saturated heterocycles. The Morgan fingerprint density at radius 3 is 1.44 bits per heavy atom. The predicted octanol–water partition coefficient (Wildman–Crippen LogP) is 4.66. The molecule has 197 valence electrons. The van der Waals surface area contributed by atoms with Crippen LogP contribution >= 0.6 is 15.9 Å². The van der Waals surface area contributed by atoms with Gasteiger partial charge in [-0.05, 0) is 22.5 Å². The third-order valence-corrected chi connectivity index (χ3v) is 4.73. The summed E-state index contributed by atoms with van der Waals surface area (Å²) < 4.78 is 75.4. The maximum Gasteiger partial charge on any atom is 2.00 e. The van der Waals surface area contributed by atoms with Gasteiger partial charge in [0.1, 0.15) is 24.5 Å². The van der Waals surface area contributed by atoms with Crippen molar-refractivity contribution in [1.29, 1.82) is 0 Å². The van der Waals surface area contributed by atoms with Gasteiger partial charge in [-0.25, -0.2) is 0 Å². The van der Waals surface area contributed by atoms with Gasteiger partial charge in [0.2, 0.25) is 0 Å².